The molecular formula is C18H12F3N5OS2. The monoisotopic (exact) mass is 435 g/mol. The average molecular weight is 435 g/mol. The van der Waals surface area contributed by atoms with Gasteiger partial charge < -0.3 is 5.11 Å². The molecule has 0 spiro atoms. The number of aromatic hydroxyl groups is 1. The molecule has 148 valence electrons. The number of rotatable bonds is 2. The fraction of sp³-hybridized carbons (Fsp3) is 0.0556. The van der Waals surface area contributed by atoms with Crippen molar-refractivity contribution in [3.05, 3.63) is 73.4 Å². The highest BCUT2D eigenvalue weighted by Gasteiger charge is 2.30. The van der Waals surface area contributed by atoms with Gasteiger partial charge >= 0.3 is 6.18 Å². The lowest BCUT2D eigenvalue weighted by Crippen LogP contribution is -2.23. The summed E-state index contributed by atoms with van der Waals surface area (Å²) in [4.78, 5) is 0.438. The lowest BCUT2D eigenvalue weighted by Gasteiger charge is -2.10. The predicted molar refractivity (Wildman–Crippen MR) is 105 cm³/mol. The summed E-state index contributed by atoms with van der Waals surface area (Å²) < 4.78 is 40.5. The first-order chi connectivity index (χ1) is 13.8. The van der Waals surface area contributed by atoms with Crippen molar-refractivity contribution >= 4 is 35.5 Å². The molecule has 0 atom stereocenters. The molecule has 11 heteroatoms. The Morgan fingerprint density at radius 3 is 2.55 bits per heavy atom. The maximum Gasteiger partial charge on any atom is 0.416 e. The number of aromatic nitrogens is 1. The molecular weight excluding hydrogens is 423 g/mol. The van der Waals surface area contributed by atoms with Crippen LogP contribution in [0.1, 0.15) is 10.4 Å². The molecule has 1 aliphatic rings. The lowest BCUT2D eigenvalue weighted by molar-refractivity contribution is -0.137. The Bertz CT molecular complexity index is 1270. The van der Waals surface area contributed by atoms with Gasteiger partial charge in [-0.05, 0) is 41.7 Å². The summed E-state index contributed by atoms with van der Waals surface area (Å²) in [6, 6.07) is 11.9. The number of hydrogen-bond donors (Lipinski definition) is 3. The molecule has 0 fully saturated rings. The van der Waals surface area contributed by atoms with Crippen LogP contribution >= 0.6 is 23.6 Å². The van der Waals surface area contributed by atoms with Gasteiger partial charge in [-0.25, -0.2) is 5.53 Å². The number of alkyl halides is 3. The van der Waals surface area contributed by atoms with Crippen LogP contribution in [-0.2, 0) is 6.18 Å². The Morgan fingerprint density at radius 2 is 1.90 bits per heavy atom. The van der Waals surface area contributed by atoms with Crippen LogP contribution in [0.4, 0.5) is 13.2 Å². The third kappa shape index (κ3) is 3.87. The summed E-state index contributed by atoms with van der Waals surface area (Å²) in [6.07, 6.45) is -2.78. The molecule has 29 heavy (non-hydrogen) atoms. The van der Waals surface area contributed by atoms with E-state index in [9.17, 15) is 18.3 Å². The second kappa shape index (κ2) is 7.33. The third-order valence-electron chi connectivity index (χ3n) is 4.10. The highest BCUT2D eigenvalue weighted by molar-refractivity contribution is 7.73. The summed E-state index contributed by atoms with van der Waals surface area (Å²) in [7, 11) is 0. The molecule has 1 aromatic heterocycles. The van der Waals surface area contributed by atoms with Crippen LogP contribution in [0.3, 0.4) is 0 Å². The number of hydrazine groups is 1. The van der Waals surface area contributed by atoms with Crippen molar-refractivity contribution in [1.82, 2.24) is 15.5 Å². The molecule has 3 aromatic rings. The highest BCUT2D eigenvalue weighted by atomic mass is 32.1. The first kappa shape index (κ1) is 19.2. The van der Waals surface area contributed by atoms with Crippen LogP contribution < -0.4 is 21.4 Å². The Labute approximate surface area is 170 Å². The molecule has 1 aliphatic heterocycles. The van der Waals surface area contributed by atoms with Gasteiger partial charge in [-0.2, -0.15) is 13.2 Å². The Hall–Kier alpha value is -3.18. The normalized spacial score (nSPS) is 13.3. The summed E-state index contributed by atoms with van der Waals surface area (Å²) in [5.74, 6) is 0.360. The van der Waals surface area contributed by atoms with Crippen LogP contribution in [0.5, 0.6) is 5.88 Å². The standard InChI is InChI=1S/C18H12F3N5OS2/c19-18(20,21)12-2-1-3-13(9-12)26-16(27)14(29-17(26)28)8-10-4-6-11(7-5-10)15-22-24-25-23-15/h1-9,27H,(H,22,25)(H,23,24). The van der Waals surface area contributed by atoms with E-state index in [2.05, 4.69) is 21.3 Å². The smallest absolute Gasteiger partial charge is 0.416 e. The maximum absolute atomic E-state index is 13.0. The Balaban J connectivity index is 1.75. The molecule has 0 amide bonds. The molecule has 6 nitrogen and oxygen atoms in total. The summed E-state index contributed by atoms with van der Waals surface area (Å²) in [5.41, 5.74) is 4.64. The summed E-state index contributed by atoms with van der Waals surface area (Å²) in [6.45, 7) is 0. The van der Waals surface area contributed by atoms with Crippen LogP contribution in [0.2, 0.25) is 0 Å². The van der Waals surface area contributed by atoms with Gasteiger partial charge in [0.2, 0.25) is 5.88 Å². The average Bonchev–Trinajstić information content (AvgIpc) is 3.31. The van der Waals surface area contributed by atoms with Crippen molar-refractivity contribution in [2.45, 2.75) is 6.18 Å². The molecule has 2 heterocycles. The van der Waals surface area contributed by atoms with Crippen molar-refractivity contribution in [2.75, 3.05) is 0 Å². The summed E-state index contributed by atoms with van der Waals surface area (Å²) >= 11 is 6.37. The zero-order valence-corrected chi connectivity index (χ0v) is 16.1. The SMILES string of the molecule is Oc1c(C=c2ccc(=C3N=NNN3)cc2)sc(=S)n1-c1cccc(C(F)(F)F)c1. The lowest BCUT2D eigenvalue weighted by atomic mass is 10.2. The van der Waals surface area contributed by atoms with Crippen LogP contribution in [-0.4, -0.2) is 9.67 Å². The first-order valence-corrected chi connectivity index (χ1v) is 9.42. The molecule has 2 aromatic carbocycles. The molecule has 0 saturated heterocycles. The highest BCUT2D eigenvalue weighted by Crippen LogP contribution is 2.34. The topological polar surface area (TPSA) is 73.9 Å². The first-order valence-electron chi connectivity index (χ1n) is 8.19. The van der Waals surface area contributed by atoms with E-state index in [0.717, 1.165) is 33.9 Å². The molecule has 0 aliphatic carbocycles. The molecule has 4 rings (SSSR count). The quantitative estimate of drug-likeness (QED) is 0.540. The van der Waals surface area contributed by atoms with E-state index in [1.165, 1.54) is 16.7 Å². The van der Waals surface area contributed by atoms with Gasteiger partial charge in [0.15, 0.2) is 9.78 Å². The summed E-state index contributed by atoms with van der Waals surface area (Å²) in [5, 5.41) is 19.7. The van der Waals surface area contributed by atoms with E-state index in [-0.39, 0.29) is 15.5 Å². The van der Waals surface area contributed by atoms with Gasteiger partial charge in [-0.3, -0.25) is 9.99 Å². The third-order valence-corrected chi connectivity index (χ3v) is 5.41. The van der Waals surface area contributed by atoms with Crippen LogP contribution in [0.25, 0.3) is 17.6 Å². The number of nitrogens with zero attached hydrogens (tertiary/aromatic N) is 3. The van der Waals surface area contributed by atoms with Crippen LogP contribution in [0, 0.1) is 3.95 Å². The molecule has 0 radical (unpaired) electrons. The zero-order chi connectivity index (χ0) is 20.6. The molecule has 0 saturated carbocycles. The van der Waals surface area contributed by atoms with Crippen molar-refractivity contribution in [3.63, 3.8) is 0 Å². The fourth-order valence-corrected chi connectivity index (χ4v) is 4.03. The second-order valence-electron chi connectivity index (χ2n) is 5.99. The van der Waals surface area contributed by atoms with E-state index >= 15 is 0 Å². The number of nitrogens with one attached hydrogen (secondary N) is 2. The van der Waals surface area contributed by atoms with Gasteiger partial charge in [-0.1, -0.05) is 35.6 Å². The number of thiazole rings is 1. The van der Waals surface area contributed by atoms with Crippen molar-refractivity contribution < 1.29 is 18.3 Å². The van der Waals surface area contributed by atoms with Crippen LogP contribution in [0.15, 0.2) is 58.9 Å². The van der Waals surface area contributed by atoms with Crippen molar-refractivity contribution in [3.8, 4) is 11.6 Å². The van der Waals surface area contributed by atoms with E-state index in [1.54, 1.807) is 6.08 Å². The molecule has 0 bridgehead atoms. The van der Waals surface area contributed by atoms with Crippen molar-refractivity contribution in [2.24, 2.45) is 10.3 Å². The number of hydrogen-bond acceptors (Lipinski definition) is 7. The molecule has 0 unspecified atom stereocenters. The predicted octanol–water partition coefficient (Wildman–Crippen LogP) is 3.36. The second-order valence-corrected chi connectivity index (χ2v) is 7.67. The Morgan fingerprint density at radius 1 is 1.14 bits per heavy atom. The van der Waals surface area contributed by atoms with Gasteiger partial charge in [0.05, 0.1) is 16.1 Å². The molecule has 3 N–H and O–H groups in total. The zero-order valence-electron chi connectivity index (χ0n) is 14.4. The van der Waals surface area contributed by atoms with Gasteiger partial charge in [0.1, 0.15) is 0 Å². The van der Waals surface area contributed by atoms with E-state index < -0.39 is 11.7 Å². The van der Waals surface area contributed by atoms with Gasteiger partial charge in [-0.15, -0.1) is 16.5 Å². The van der Waals surface area contributed by atoms with E-state index in [4.69, 9.17) is 12.2 Å². The van der Waals surface area contributed by atoms with Gasteiger partial charge in [0.25, 0.3) is 0 Å². The van der Waals surface area contributed by atoms with E-state index in [1.807, 2.05) is 24.3 Å². The minimum Gasteiger partial charge on any atom is -0.493 e. The number of halogens is 3. The largest absolute Gasteiger partial charge is 0.493 e. The van der Waals surface area contributed by atoms with E-state index in [0.29, 0.717) is 10.7 Å². The Kier molecular flexibility index (Phi) is 4.84. The van der Waals surface area contributed by atoms with Crippen molar-refractivity contribution in [1.29, 1.82) is 0 Å². The minimum atomic E-state index is -4.48. The number of benzene rings is 2. The fourth-order valence-electron chi connectivity index (χ4n) is 2.72. The minimum absolute atomic E-state index is 0.148. The van der Waals surface area contributed by atoms with Gasteiger partial charge in [0, 0.05) is 5.22 Å². The maximum atomic E-state index is 13.0.